The van der Waals surface area contributed by atoms with Gasteiger partial charge >= 0.3 is 0 Å². The van der Waals surface area contributed by atoms with Crippen LogP contribution in [0.5, 0.6) is 0 Å². The van der Waals surface area contributed by atoms with E-state index in [1.807, 2.05) is 0 Å². The van der Waals surface area contributed by atoms with Gasteiger partial charge in [-0.3, -0.25) is 0 Å². The second-order valence-electron chi connectivity index (χ2n) is 7.74. The molecule has 116 valence electrons. The first-order chi connectivity index (χ1) is 11.0. The summed E-state index contributed by atoms with van der Waals surface area (Å²) in [6.07, 6.45) is 7.02. The molecule has 0 amide bonds. The van der Waals surface area contributed by atoms with Gasteiger partial charge in [0.05, 0.1) is 8.07 Å². The standard InChI is InChI=1S/C22H24Si/c1-16-10-9-15-22(16,2)23(3,4)21-19-13-7-5-11-17(19)18-12-6-8-14-20(18)21/h5-15,21H,1-4H3. The van der Waals surface area contributed by atoms with Crippen LogP contribution in [0.3, 0.4) is 0 Å². The molecule has 23 heavy (non-hydrogen) atoms. The highest BCUT2D eigenvalue weighted by atomic mass is 28.3. The molecule has 0 N–H and O–H groups in total. The summed E-state index contributed by atoms with van der Waals surface area (Å²) < 4.78 is 0. The number of benzene rings is 2. The van der Waals surface area contributed by atoms with Gasteiger partial charge in [0.15, 0.2) is 0 Å². The predicted octanol–water partition coefficient (Wildman–Crippen LogP) is 6.32. The maximum Gasteiger partial charge on any atom is 0.0753 e. The summed E-state index contributed by atoms with van der Waals surface area (Å²) in [6.45, 7) is 9.91. The zero-order valence-corrected chi connectivity index (χ0v) is 15.4. The Balaban J connectivity index is 1.96. The summed E-state index contributed by atoms with van der Waals surface area (Å²) in [4.78, 5) is 0. The van der Waals surface area contributed by atoms with Gasteiger partial charge in [-0.1, -0.05) is 92.3 Å². The molecular weight excluding hydrogens is 292 g/mol. The normalized spacial score (nSPS) is 22.9. The van der Waals surface area contributed by atoms with Crippen LogP contribution in [0.15, 0.2) is 72.3 Å². The summed E-state index contributed by atoms with van der Waals surface area (Å²) in [6, 6.07) is 18.1. The van der Waals surface area contributed by atoms with Crippen molar-refractivity contribution in [1.82, 2.24) is 0 Å². The van der Waals surface area contributed by atoms with Crippen LogP contribution in [-0.2, 0) is 0 Å². The van der Waals surface area contributed by atoms with E-state index in [1.54, 1.807) is 11.1 Å². The molecule has 0 nitrogen and oxygen atoms in total. The monoisotopic (exact) mass is 316 g/mol. The molecule has 4 rings (SSSR count). The first-order valence-electron chi connectivity index (χ1n) is 8.51. The van der Waals surface area contributed by atoms with Crippen molar-refractivity contribution >= 4 is 8.07 Å². The van der Waals surface area contributed by atoms with Gasteiger partial charge in [0.2, 0.25) is 0 Å². The van der Waals surface area contributed by atoms with Crippen molar-refractivity contribution in [2.75, 3.05) is 0 Å². The van der Waals surface area contributed by atoms with Crippen LogP contribution in [-0.4, -0.2) is 8.07 Å². The van der Waals surface area contributed by atoms with Gasteiger partial charge in [-0.2, -0.15) is 0 Å². The second-order valence-corrected chi connectivity index (χ2v) is 12.8. The number of fused-ring (bicyclic) bond motifs is 3. The van der Waals surface area contributed by atoms with Crippen LogP contribution in [0.25, 0.3) is 11.1 Å². The predicted molar refractivity (Wildman–Crippen MR) is 102 cm³/mol. The SMILES string of the molecule is CC1=CC=CC1(C)[Si](C)(C)C1c2ccccc2-c2ccccc21. The van der Waals surface area contributed by atoms with Crippen molar-refractivity contribution in [1.29, 1.82) is 0 Å². The van der Waals surface area contributed by atoms with Gasteiger partial charge in [0.1, 0.15) is 0 Å². The lowest BCUT2D eigenvalue weighted by molar-refractivity contribution is 0.824. The highest BCUT2D eigenvalue weighted by molar-refractivity contribution is 6.83. The third-order valence-corrected chi connectivity index (χ3v) is 11.8. The molecule has 0 aromatic heterocycles. The maximum absolute atomic E-state index is 2.57. The molecule has 2 aromatic rings. The van der Waals surface area contributed by atoms with E-state index in [1.165, 1.54) is 16.7 Å². The summed E-state index contributed by atoms with van der Waals surface area (Å²) in [7, 11) is -1.68. The van der Waals surface area contributed by atoms with E-state index in [-0.39, 0.29) is 5.04 Å². The van der Waals surface area contributed by atoms with Crippen molar-refractivity contribution in [3.05, 3.63) is 83.5 Å². The van der Waals surface area contributed by atoms with E-state index in [2.05, 4.69) is 93.7 Å². The average molecular weight is 317 g/mol. The minimum Gasteiger partial charge on any atom is -0.0773 e. The van der Waals surface area contributed by atoms with Gasteiger partial charge in [0, 0.05) is 10.6 Å². The van der Waals surface area contributed by atoms with Crippen LogP contribution in [0, 0.1) is 0 Å². The molecule has 2 aliphatic carbocycles. The molecule has 0 fully saturated rings. The van der Waals surface area contributed by atoms with E-state index in [0.29, 0.717) is 5.54 Å². The summed E-state index contributed by atoms with van der Waals surface area (Å²) in [5.41, 5.74) is 8.06. The van der Waals surface area contributed by atoms with E-state index in [9.17, 15) is 0 Å². The Labute approximate surface area is 140 Å². The highest BCUT2D eigenvalue weighted by Crippen LogP contribution is 2.59. The fraction of sp³-hybridized carbons (Fsp3) is 0.273. The van der Waals surface area contributed by atoms with Crippen molar-refractivity contribution < 1.29 is 0 Å². The molecule has 1 unspecified atom stereocenters. The van der Waals surface area contributed by atoms with Crippen molar-refractivity contribution in [3.8, 4) is 11.1 Å². The maximum atomic E-state index is 2.57. The first-order valence-corrected chi connectivity index (χ1v) is 11.6. The number of hydrogen-bond donors (Lipinski definition) is 0. The Kier molecular flexibility index (Phi) is 3.08. The molecule has 0 heterocycles. The zero-order chi connectivity index (χ0) is 16.2. The van der Waals surface area contributed by atoms with Crippen LogP contribution >= 0.6 is 0 Å². The molecule has 0 aliphatic heterocycles. The van der Waals surface area contributed by atoms with Crippen molar-refractivity contribution in [2.24, 2.45) is 0 Å². The third kappa shape index (κ3) is 1.83. The lowest BCUT2D eigenvalue weighted by atomic mass is 10.1. The van der Waals surface area contributed by atoms with Gasteiger partial charge in [-0.25, -0.2) is 0 Å². The largest absolute Gasteiger partial charge is 0.0773 e. The summed E-state index contributed by atoms with van der Waals surface area (Å²) in [5.74, 6) is 0. The number of allylic oxidation sites excluding steroid dienone is 4. The van der Waals surface area contributed by atoms with Crippen LogP contribution in [0.2, 0.25) is 18.1 Å². The molecule has 2 aromatic carbocycles. The molecular formula is C22H24Si. The van der Waals surface area contributed by atoms with Crippen LogP contribution in [0.1, 0.15) is 30.5 Å². The third-order valence-electron chi connectivity index (χ3n) is 6.49. The van der Waals surface area contributed by atoms with Gasteiger partial charge in [-0.15, -0.1) is 0 Å². The Bertz CT molecular complexity index is 795. The molecule has 1 atom stereocenters. The Morgan fingerprint density at radius 2 is 1.39 bits per heavy atom. The summed E-state index contributed by atoms with van der Waals surface area (Å²) in [5, 5.41) is 0.224. The van der Waals surface area contributed by atoms with Gasteiger partial charge < -0.3 is 0 Å². The van der Waals surface area contributed by atoms with Crippen LogP contribution in [0.4, 0.5) is 0 Å². The highest BCUT2D eigenvalue weighted by Gasteiger charge is 2.51. The minimum atomic E-state index is -1.68. The van der Waals surface area contributed by atoms with E-state index in [0.717, 1.165) is 0 Å². The van der Waals surface area contributed by atoms with Gasteiger partial charge in [-0.05, 0) is 29.2 Å². The number of hydrogen-bond acceptors (Lipinski definition) is 0. The first kappa shape index (κ1) is 14.7. The minimum absolute atomic E-state index is 0.224. The summed E-state index contributed by atoms with van der Waals surface area (Å²) >= 11 is 0. The van der Waals surface area contributed by atoms with E-state index >= 15 is 0 Å². The van der Waals surface area contributed by atoms with E-state index < -0.39 is 8.07 Å². The second kappa shape index (κ2) is 4.81. The van der Waals surface area contributed by atoms with Gasteiger partial charge in [0.25, 0.3) is 0 Å². The molecule has 0 saturated carbocycles. The van der Waals surface area contributed by atoms with Crippen molar-refractivity contribution in [3.63, 3.8) is 0 Å². The molecule has 0 bridgehead atoms. The van der Waals surface area contributed by atoms with E-state index in [4.69, 9.17) is 0 Å². The zero-order valence-electron chi connectivity index (χ0n) is 14.4. The fourth-order valence-corrected chi connectivity index (χ4v) is 8.93. The Morgan fingerprint density at radius 1 is 0.870 bits per heavy atom. The Hall–Kier alpha value is -1.86. The van der Waals surface area contributed by atoms with Crippen molar-refractivity contribution in [2.45, 2.75) is 37.5 Å². The molecule has 1 heteroatoms. The molecule has 0 saturated heterocycles. The van der Waals surface area contributed by atoms with Crippen LogP contribution < -0.4 is 0 Å². The molecule has 2 aliphatic rings. The fourth-order valence-electron chi connectivity index (χ4n) is 4.65. The topological polar surface area (TPSA) is 0 Å². The molecule has 0 radical (unpaired) electrons. The quantitative estimate of drug-likeness (QED) is 0.568. The lowest BCUT2D eigenvalue weighted by Gasteiger charge is -2.45. The molecule has 0 spiro atoms. The number of rotatable bonds is 2. The smallest absolute Gasteiger partial charge is 0.0753 e. The average Bonchev–Trinajstić information content (AvgIpc) is 3.07. The Morgan fingerprint density at radius 3 is 1.87 bits per heavy atom. The lowest BCUT2D eigenvalue weighted by Crippen LogP contribution is -2.46.